The Morgan fingerprint density at radius 1 is 1.62 bits per heavy atom. The molecule has 1 amide bonds. The van der Waals surface area contributed by atoms with E-state index in [2.05, 4.69) is 15.3 Å². The fourth-order valence-electron chi connectivity index (χ4n) is 1.25. The first kappa shape index (κ1) is 13.0. The van der Waals surface area contributed by atoms with Crippen LogP contribution in [0.25, 0.3) is 0 Å². The van der Waals surface area contributed by atoms with E-state index in [0.29, 0.717) is 11.6 Å². The predicted molar refractivity (Wildman–Crippen MR) is 63.4 cm³/mol. The SMILES string of the molecule is CN(C)CCCNC(=O)Cn1cc(Cl)cn1. The zero-order valence-electron chi connectivity index (χ0n) is 9.61. The van der Waals surface area contributed by atoms with Crippen molar-refractivity contribution in [3.05, 3.63) is 17.4 Å². The first-order valence-corrected chi connectivity index (χ1v) is 5.55. The number of rotatable bonds is 6. The Balaban J connectivity index is 2.16. The summed E-state index contributed by atoms with van der Waals surface area (Å²) in [5.74, 6) is -0.0430. The van der Waals surface area contributed by atoms with Gasteiger partial charge < -0.3 is 10.2 Å². The number of halogens is 1. The molecule has 0 aliphatic rings. The van der Waals surface area contributed by atoms with E-state index in [9.17, 15) is 4.79 Å². The molecule has 90 valence electrons. The molecular weight excluding hydrogens is 228 g/mol. The Kier molecular flexibility index (Phi) is 5.28. The summed E-state index contributed by atoms with van der Waals surface area (Å²) in [6.45, 7) is 1.87. The van der Waals surface area contributed by atoms with Gasteiger partial charge in [-0.05, 0) is 27.1 Å². The van der Waals surface area contributed by atoms with Crippen LogP contribution in [0.15, 0.2) is 12.4 Å². The Labute approximate surface area is 100 Å². The number of nitrogens with one attached hydrogen (secondary N) is 1. The highest BCUT2D eigenvalue weighted by molar-refractivity contribution is 6.30. The van der Waals surface area contributed by atoms with Gasteiger partial charge in [-0.1, -0.05) is 11.6 Å². The van der Waals surface area contributed by atoms with Crippen LogP contribution in [0.5, 0.6) is 0 Å². The van der Waals surface area contributed by atoms with Crippen molar-refractivity contribution in [1.29, 1.82) is 0 Å². The van der Waals surface area contributed by atoms with Crippen molar-refractivity contribution in [3.63, 3.8) is 0 Å². The number of hydrogen-bond donors (Lipinski definition) is 1. The molecule has 0 aliphatic heterocycles. The van der Waals surface area contributed by atoms with Crippen molar-refractivity contribution in [3.8, 4) is 0 Å². The van der Waals surface area contributed by atoms with Gasteiger partial charge in [0.1, 0.15) is 6.54 Å². The molecule has 0 atom stereocenters. The zero-order chi connectivity index (χ0) is 12.0. The number of amides is 1. The number of aromatic nitrogens is 2. The largest absolute Gasteiger partial charge is 0.354 e. The summed E-state index contributed by atoms with van der Waals surface area (Å²) in [7, 11) is 4.02. The normalized spacial score (nSPS) is 10.8. The second-order valence-corrected chi connectivity index (χ2v) is 4.30. The molecule has 0 aliphatic carbocycles. The summed E-state index contributed by atoms with van der Waals surface area (Å²) in [6, 6.07) is 0. The van der Waals surface area contributed by atoms with E-state index in [0.717, 1.165) is 13.0 Å². The fourth-order valence-corrected chi connectivity index (χ4v) is 1.41. The van der Waals surface area contributed by atoms with Gasteiger partial charge in [0.05, 0.1) is 11.2 Å². The molecule has 5 nitrogen and oxygen atoms in total. The quantitative estimate of drug-likeness (QED) is 0.746. The van der Waals surface area contributed by atoms with Crippen LogP contribution in [0.3, 0.4) is 0 Å². The molecule has 0 unspecified atom stereocenters. The zero-order valence-corrected chi connectivity index (χ0v) is 10.4. The van der Waals surface area contributed by atoms with Gasteiger partial charge in [-0.15, -0.1) is 0 Å². The third kappa shape index (κ3) is 5.14. The van der Waals surface area contributed by atoms with E-state index in [1.807, 2.05) is 14.1 Å². The molecule has 6 heteroatoms. The maximum Gasteiger partial charge on any atom is 0.241 e. The van der Waals surface area contributed by atoms with Crippen LogP contribution >= 0.6 is 11.6 Å². The molecule has 0 spiro atoms. The first-order valence-electron chi connectivity index (χ1n) is 5.17. The van der Waals surface area contributed by atoms with Crippen LogP contribution in [0.4, 0.5) is 0 Å². The van der Waals surface area contributed by atoms with Crippen molar-refractivity contribution < 1.29 is 4.79 Å². The lowest BCUT2D eigenvalue weighted by Gasteiger charge is -2.09. The average Bonchev–Trinajstić information content (AvgIpc) is 2.58. The summed E-state index contributed by atoms with van der Waals surface area (Å²) in [6.07, 6.45) is 4.08. The second-order valence-electron chi connectivity index (χ2n) is 3.86. The van der Waals surface area contributed by atoms with Crippen molar-refractivity contribution >= 4 is 17.5 Å². The molecule has 1 aromatic heterocycles. The van der Waals surface area contributed by atoms with Crippen LogP contribution in [0, 0.1) is 0 Å². The molecule has 0 bridgehead atoms. The van der Waals surface area contributed by atoms with Crippen molar-refractivity contribution in [2.75, 3.05) is 27.2 Å². The summed E-state index contributed by atoms with van der Waals surface area (Å²) in [5.41, 5.74) is 0. The van der Waals surface area contributed by atoms with Gasteiger partial charge in [-0.2, -0.15) is 5.10 Å². The smallest absolute Gasteiger partial charge is 0.241 e. The number of carbonyl (C=O) groups excluding carboxylic acids is 1. The van der Waals surface area contributed by atoms with E-state index >= 15 is 0 Å². The fraction of sp³-hybridized carbons (Fsp3) is 0.600. The highest BCUT2D eigenvalue weighted by Gasteiger charge is 2.03. The van der Waals surface area contributed by atoms with Crippen LogP contribution < -0.4 is 5.32 Å². The third-order valence-corrected chi connectivity index (χ3v) is 2.21. The van der Waals surface area contributed by atoms with Crippen molar-refractivity contribution in [2.45, 2.75) is 13.0 Å². The summed E-state index contributed by atoms with van der Waals surface area (Å²) < 4.78 is 1.52. The van der Waals surface area contributed by atoms with Gasteiger partial charge in [0.15, 0.2) is 0 Å². The summed E-state index contributed by atoms with van der Waals surface area (Å²) >= 11 is 5.68. The number of nitrogens with zero attached hydrogens (tertiary/aromatic N) is 3. The first-order chi connectivity index (χ1) is 7.58. The standard InChI is InChI=1S/C10H17ClN4O/c1-14(2)5-3-4-12-10(16)8-15-7-9(11)6-13-15/h6-7H,3-5,8H2,1-2H3,(H,12,16). The summed E-state index contributed by atoms with van der Waals surface area (Å²) in [5, 5.41) is 7.30. The van der Waals surface area contributed by atoms with Gasteiger partial charge in [0, 0.05) is 12.7 Å². The van der Waals surface area contributed by atoms with E-state index in [1.165, 1.54) is 10.9 Å². The Bertz CT molecular complexity index is 337. The number of hydrogen-bond acceptors (Lipinski definition) is 3. The van der Waals surface area contributed by atoms with Crippen LogP contribution in [-0.2, 0) is 11.3 Å². The number of carbonyl (C=O) groups is 1. The van der Waals surface area contributed by atoms with E-state index in [4.69, 9.17) is 11.6 Å². The minimum Gasteiger partial charge on any atom is -0.354 e. The topological polar surface area (TPSA) is 50.2 Å². The van der Waals surface area contributed by atoms with Crippen LogP contribution in [0.2, 0.25) is 5.02 Å². The lowest BCUT2D eigenvalue weighted by molar-refractivity contribution is -0.121. The van der Waals surface area contributed by atoms with Crippen molar-refractivity contribution in [2.24, 2.45) is 0 Å². The Morgan fingerprint density at radius 2 is 2.38 bits per heavy atom. The second kappa shape index (κ2) is 6.50. The minimum absolute atomic E-state index is 0.0430. The lowest BCUT2D eigenvalue weighted by atomic mass is 10.4. The predicted octanol–water partition coefficient (Wildman–Crippen LogP) is 0.604. The molecule has 0 fully saturated rings. The highest BCUT2D eigenvalue weighted by atomic mass is 35.5. The molecule has 0 saturated carbocycles. The molecule has 1 N–H and O–H groups in total. The molecular formula is C10H17ClN4O. The van der Waals surface area contributed by atoms with Gasteiger partial charge in [-0.3, -0.25) is 9.48 Å². The highest BCUT2D eigenvalue weighted by Crippen LogP contribution is 2.03. The monoisotopic (exact) mass is 244 g/mol. The van der Waals surface area contributed by atoms with E-state index in [-0.39, 0.29) is 12.5 Å². The Hall–Kier alpha value is -1.07. The third-order valence-electron chi connectivity index (χ3n) is 2.01. The van der Waals surface area contributed by atoms with Crippen LogP contribution in [-0.4, -0.2) is 47.8 Å². The maximum atomic E-state index is 11.4. The van der Waals surface area contributed by atoms with Gasteiger partial charge in [-0.25, -0.2) is 0 Å². The molecule has 16 heavy (non-hydrogen) atoms. The van der Waals surface area contributed by atoms with Gasteiger partial charge in [0.25, 0.3) is 0 Å². The van der Waals surface area contributed by atoms with Gasteiger partial charge >= 0.3 is 0 Å². The average molecular weight is 245 g/mol. The van der Waals surface area contributed by atoms with Gasteiger partial charge in [0.2, 0.25) is 5.91 Å². The maximum absolute atomic E-state index is 11.4. The van der Waals surface area contributed by atoms with Crippen LogP contribution in [0.1, 0.15) is 6.42 Å². The molecule has 0 aromatic carbocycles. The summed E-state index contributed by atoms with van der Waals surface area (Å²) in [4.78, 5) is 13.5. The molecule has 0 saturated heterocycles. The molecule has 1 aromatic rings. The Morgan fingerprint density at radius 3 is 2.94 bits per heavy atom. The van der Waals surface area contributed by atoms with E-state index < -0.39 is 0 Å². The molecule has 1 heterocycles. The molecule has 0 radical (unpaired) electrons. The minimum atomic E-state index is -0.0430. The molecule has 1 rings (SSSR count). The van der Waals surface area contributed by atoms with E-state index in [1.54, 1.807) is 6.20 Å². The lowest BCUT2D eigenvalue weighted by Crippen LogP contribution is -2.30. The van der Waals surface area contributed by atoms with Crippen molar-refractivity contribution in [1.82, 2.24) is 20.0 Å².